The summed E-state index contributed by atoms with van der Waals surface area (Å²) < 4.78 is 4.98. The summed E-state index contributed by atoms with van der Waals surface area (Å²) in [5.74, 6) is 0.210. The zero-order valence-electron chi connectivity index (χ0n) is 8.53. The number of Topliss-reactive ketones (excluding diaryl/α,β-unsaturated/α-hetero) is 1. The molecule has 0 spiro atoms. The summed E-state index contributed by atoms with van der Waals surface area (Å²) in [5.41, 5.74) is 0.523. The van der Waals surface area contributed by atoms with Crippen LogP contribution in [-0.4, -0.2) is 11.8 Å². The van der Waals surface area contributed by atoms with Gasteiger partial charge in [-0.15, -0.1) is 0 Å². The number of carbonyl (C=O) groups excluding carboxylic acids is 2. The van der Waals surface area contributed by atoms with Crippen molar-refractivity contribution in [1.82, 2.24) is 0 Å². The average molecular weight is 204 g/mol. The highest BCUT2D eigenvalue weighted by Gasteiger charge is 2.32. The van der Waals surface area contributed by atoms with Crippen molar-refractivity contribution in [2.75, 3.05) is 0 Å². The molecule has 0 amide bonds. The van der Waals surface area contributed by atoms with Crippen molar-refractivity contribution in [2.45, 2.75) is 19.8 Å². The van der Waals surface area contributed by atoms with Crippen molar-refractivity contribution in [3.05, 3.63) is 29.8 Å². The molecular weight excluding hydrogens is 192 g/mol. The molecule has 0 N–H and O–H groups in total. The lowest BCUT2D eigenvalue weighted by molar-refractivity contribution is -0.131. The molecule has 78 valence electrons. The first-order valence-corrected chi connectivity index (χ1v) is 5.00. The minimum absolute atomic E-state index is 0.0897. The van der Waals surface area contributed by atoms with Gasteiger partial charge in [0.2, 0.25) is 0 Å². The monoisotopic (exact) mass is 204 g/mol. The van der Waals surface area contributed by atoms with Crippen molar-refractivity contribution < 1.29 is 14.3 Å². The van der Waals surface area contributed by atoms with Gasteiger partial charge < -0.3 is 4.74 Å². The lowest BCUT2D eigenvalue weighted by Gasteiger charge is -2.06. The minimum Gasteiger partial charge on any atom is -0.426 e. The first-order valence-electron chi connectivity index (χ1n) is 5.00. The maximum absolute atomic E-state index is 11.8. The van der Waals surface area contributed by atoms with Crippen LogP contribution in [0.25, 0.3) is 0 Å². The van der Waals surface area contributed by atoms with Gasteiger partial charge in [-0.05, 0) is 25.0 Å². The van der Waals surface area contributed by atoms with E-state index < -0.39 is 5.97 Å². The van der Waals surface area contributed by atoms with Gasteiger partial charge in [-0.3, -0.25) is 9.59 Å². The number of carbonyl (C=O) groups is 2. The summed E-state index contributed by atoms with van der Waals surface area (Å²) in [5, 5.41) is 0. The van der Waals surface area contributed by atoms with Crippen LogP contribution in [0.2, 0.25) is 0 Å². The molecule has 1 aliphatic rings. The van der Waals surface area contributed by atoms with Crippen molar-refractivity contribution >= 4 is 11.8 Å². The van der Waals surface area contributed by atoms with E-state index in [0.717, 1.165) is 12.8 Å². The predicted octanol–water partition coefficient (Wildman–Crippen LogP) is 2.20. The Morgan fingerprint density at radius 2 is 1.93 bits per heavy atom. The highest BCUT2D eigenvalue weighted by Crippen LogP contribution is 2.35. The number of benzene rings is 1. The Morgan fingerprint density at radius 3 is 2.53 bits per heavy atom. The van der Waals surface area contributed by atoms with Gasteiger partial charge in [0, 0.05) is 12.8 Å². The first-order chi connectivity index (χ1) is 7.18. The van der Waals surface area contributed by atoms with E-state index in [-0.39, 0.29) is 11.7 Å². The van der Waals surface area contributed by atoms with Gasteiger partial charge in [-0.25, -0.2) is 0 Å². The normalized spacial score (nSPS) is 14.7. The molecule has 1 fully saturated rings. The fourth-order valence-electron chi connectivity index (χ4n) is 1.48. The van der Waals surface area contributed by atoms with Gasteiger partial charge in [0.05, 0.1) is 5.56 Å². The van der Waals surface area contributed by atoms with Gasteiger partial charge in [-0.2, -0.15) is 0 Å². The number of para-hydroxylation sites is 1. The molecule has 1 aliphatic carbocycles. The van der Waals surface area contributed by atoms with Crippen LogP contribution < -0.4 is 4.74 Å². The Kier molecular flexibility index (Phi) is 2.54. The zero-order chi connectivity index (χ0) is 10.8. The van der Waals surface area contributed by atoms with Gasteiger partial charge in [0.15, 0.2) is 5.78 Å². The second kappa shape index (κ2) is 3.85. The number of ether oxygens (including phenoxy) is 1. The maximum atomic E-state index is 11.8. The van der Waals surface area contributed by atoms with Gasteiger partial charge in [0.25, 0.3) is 0 Å². The number of ketones is 1. The molecule has 15 heavy (non-hydrogen) atoms. The van der Waals surface area contributed by atoms with Crippen LogP contribution in [0.1, 0.15) is 30.1 Å². The van der Waals surface area contributed by atoms with E-state index in [1.54, 1.807) is 24.3 Å². The molecule has 0 aromatic heterocycles. The maximum Gasteiger partial charge on any atom is 0.308 e. The molecule has 1 aromatic rings. The van der Waals surface area contributed by atoms with Crippen LogP contribution in [0.5, 0.6) is 5.75 Å². The molecule has 0 atom stereocenters. The predicted molar refractivity (Wildman–Crippen MR) is 54.8 cm³/mol. The molecular formula is C12H12O3. The van der Waals surface area contributed by atoms with Crippen LogP contribution in [0.3, 0.4) is 0 Å². The smallest absolute Gasteiger partial charge is 0.308 e. The Labute approximate surface area is 88.1 Å². The fraction of sp³-hybridized carbons (Fsp3) is 0.333. The third kappa shape index (κ3) is 2.24. The SMILES string of the molecule is CC(=O)Oc1ccccc1C(=O)C1CC1. The summed E-state index contributed by atoms with van der Waals surface area (Å²) in [6.45, 7) is 1.33. The summed E-state index contributed by atoms with van der Waals surface area (Å²) in [6, 6.07) is 6.89. The molecule has 3 heteroatoms. The molecule has 0 heterocycles. The van der Waals surface area contributed by atoms with Crippen LogP contribution in [0.4, 0.5) is 0 Å². The summed E-state index contributed by atoms with van der Waals surface area (Å²) >= 11 is 0. The van der Waals surface area contributed by atoms with E-state index in [1.165, 1.54) is 6.92 Å². The van der Waals surface area contributed by atoms with Crippen LogP contribution in [-0.2, 0) is 4.79 Å². The Balaban J connectivity index is 2.28. The van der Waals surface area contributed by atoms with Gasteiger partial charge in [-0.1, -0.05) is 12.1 Å². The fourth-order valence-corrected chi connectivity index (χ4v) is 1.48. The molecule has 0 saturated heterocycles. The summed E-state index contributed by atoms with van der Waals surface area (Å²) in [6.07, 6.45) is 1.90. The van der Waals surface area contributed by atoms with E-state index >= 15 is 0 Å². The Hall–Kier alpha value is -1.64. The second-order valence-electron chi connectivity index (χ2n) is 3.73. The van der Waals surface area contributed by atoms with Crippen molar-refractivity contribution in [3.8, 4) is 5.75 Å². The minimum atomic E-state index is -0.397. The average Bonchev–Trinajstić information content (AvgIpc) is 3.00. The third-order valence-electron chi connectivity index (χ3n) is 2.35. The van der Waals surface area contributed by atoms with E-state index in [4.69, 9.17) is 4.74 Å². The standard InChI is InChI=1S/C12H12O3/c1-8(13)15-11-5-3-2-4-10(11)12(14)9-6-7-9/h2-5,9H,6-7H2,1H3. The molecule has 3 nitrogen and oxygen atoms in total. The quantitative estimate of drug-likeness (QED) is 0.430. The largest absolute Gasteiger partial charge is 0.426 e. The van der Waals surface area contributed by atoms with E-state index in [0.29, 0.717) is 11.3 Å². The highest BCUT2D eigenvalue weighted by molar-refractivity contribution is 6.02. The van der Waals surface area contributed by atoms with Crippen LogP contribution in [0, 0.1) is 5.92 Å². The lowest BCUT2D eigenvalue weighted by atomic mass is 10.1. The molecule has 0 aliphatic heterocycles. The number of hydrogen-bond acceptors (Lipinski definition) is 3. The molecule has 1 saturated carbocycles. The summed E-state index contributed by atoms with van der Waals surface area (Å²) in [4.78, 5) is 22.7. The molecule has 2 rings (SSSR count). The third-order valence-corrected chi connectivity index (χ3v) is 2.35. The number of hydrogen-bond donors (Lipinski definition) is 0. The van der Waals surface area contributed by atoms with Crippen molar-refractivity contribution in [1.29, 1.82) is 0 Å². The number of rotatable bonds is 3. The zero-order valence-corrected chi connectivity index (χ0v) is 8.53. The number of esters is 1. The topological polar surface area (TPSA) is 43.4 Å². The highest BCUT2D eigenvalue weighted by atomic mass is 16.5. The van der Waals surface area contributed by atoms with Crippen molar-refractivity contribution in [2.24, 2.45) is 5.92 Å². The van der Waals surface area contributed by atoms with Gasteiger partial charge >= 0.3 is 5.97 Å². The molecule has 0 bridgehead atoms. The Bertz CT molecular complexity index is 405. The molecule has 0 radical (unpaired) electrons. The van der Waals surface area contributed by atoms with E-state index in [2.05, 4.69) is 0 Å². The van der Waals surface area contributed by atoms with Crippen LogP contribution >= 0.6 is 0 Å². The van der Waals surface area contributed by atoms with E-state index in [9.17, 15) is 9.59 Å². The van der Waals surface area contributed by atoms with Crippen LogP contribution in [0.15, 0.2) is 24.3 Å². The molecule has 1 aromatic carbocycles. The summed E-state index contributed by atoms with van der Waals surface area (Å²) in [7, 11) is 0. The lowest BCUT2D eigenvalue weighted by Crippen LogP contribution is -2.08. The first kappa shape index (κ1) is 9.90. The van der Waals surface area contributed by atoms with Crippen molar-refractivity contribution in [3.63, 3.8) is 0 Å². The van der Waals surface area contributed by atoms with Gasteiger partial charge in [0.1, 0.15) is 5.75 Å². The second-order valence-corrected chi connectivity index (χ2v) is 3.73. The Morgan fingerprint density at radius 1 is 1.27 bits per heavy atom. The van der Waals surface area contributed by atoms with E-state index in [1.807, 2.05) is 0 Å². The molecule has 0 unspecified atom stereocenters.